The molecule has 0 aromatic carbocycles. The first-order valence-electron chi connectivity index (χ1n) is 5.60. The van der Waals surface area contributed by atoms with Crippen molar-refractivity contribution < 1.29 is 9.59 Å². The molecule has 16 heavy (non-hydrogen) atoms. The molecule has 0 aromatic heterocycles. The lowest BCUT2D eigenvalue weighted by Gasteiger charge is -2.37. The zero-order chi connectivity index (χ0) is 12.1. The summed E-state index contributed by atoms with van der Waals surface area (Å²) in [5, 5.41) is 0. The van der Waals surface area contributed by atoms with Crippen LogP contribution in [-0.4, -0.2) is 53.8 Å². The summed E-state index contributed by atoms with van der Waals surface area (Å²) in [7, 11) is 0. The zero-order valence-electron chi connectivity index (χ0n) is 9.90. The van der Waals surface area contributed by atoms with E-state index in [-0.39, 0.29) is 17.9 Å². The maximum Gasteiger partial charge on any atom is 0.251 e. The molecule has 1 heterocycles. The largest absolute Gasteiger partial charge is 0.340 e. The topological polar surface area (TPSA) is 78.7 Å². The smallest absolute Gasteiger partial charge is 0.251 e. The monoisotopic (exact) mass is 228 g/mol. The SMILES string of the molecule is CCC(C(=O)NN)N1CCN(C(C)=O)CC1. The van der Waals surface area contributed by atoms with Gasteiger partial charge in [0, 0.05) is 33.1 Å². The molecular weight excluding hydrogens is 208 g/mol. The first-order valence-corrected chi connectivity index (χ1v) is 5.60. The quantitative estimate of drug-likeness (QED) is 0.366. The molecule has 1 aliphatic heterocycles. The molecule has 1 saturated heterocycles. The number of hydrazine groups is 1. The molecule has 0 spiro atoms. The van der Waals surface area contributed by atoms with Crippen LogP contribution in [0.2, 0.25) is 0 Å². The van der Waals surface area contributed by atoms with Crippen molar-refractivity contribution in [3.05, 3.63) is 0 Å². The van der Waals surface area contributed by atoms with Crippen molar-refractivity contribution >= 4 is 11.8 Å². The van der Waals surface area contributed by atoms with Gasteiger partial charge >= 0.3 is 0 Å². The van der Waals surface area contributed by atoms with Gasteiger partial charge < -0.3 is 4.90 Å². The van der Waals surface area contributed by atoms with Crippen LogP contribution < -0.4 is 11.3 Å². The average Bonchev–Trinajstić information content (AvgIpc) is 2.30. The summed E-state index contributed by atoms with van der Waals surface area (Å²) < 4.78 is 0. The lowest BCUT2D eigenvalue weighted by Crippen LogP contribution is -2.56. The predicted molar refractivity (Wildman–Crippen MR) is 60.2 cm³/mol. The van der Waals surface area contributed by atoms with Crippen LogP contribution in [0.3, 0.4) is 0 Å². The number of hydrogen-bond acceptors (Lipinski definition) is 4. The van der Waals surface area contributed by atoms with E-state index in [0.717, 1.165) is 19.5 Å². The predicted octanol–water partition coefficient (Wildman–Crippen LogP) is -1.08. The minimum atomic E-state index is -0.181. The van der Waals surface area contributed by atoms with Crippen molar-refractivity contribution in [1.82, 2.24) is 15.2 Å². The second-order valence-corrected chi connectivity index (χ2v) is 3.97. The van der Waals surface area contributed by atoms with Crippen LogP contribution >= 0.6 is 0 Å². The molecule has 1 unspecified atom stereocenters. The van der Waals surface area contributed by atoms with Gasteiger partial charge in [-0.1, -0.05) is 6.92 Å². The Morgan fingerprint density at radius 3 is 2.25 bits per heavy atom. The molecule has 1 aliphatic rings. The van der Waals surface area contributed by atoms with Crippen molar-refractivity contribution in [3.8, 4) is 0 Å². The van der Waals surface area contributed by atoms with Crippen molar-refractivity contribution in [1.29, 1.82) is 0 Å². The van der Waals surface area contributed by atoms with Crippen LogP contribution in [0.5, 0.6) is 0 Å². The highest BCUT2D eigenvalue weighted by molar-refractivity contribution is 5.81. The van der Waals surface area contributed by atoms with E-state index >= 15 is 0 Å². The zero-order valence-corrected chi connectivity index (χ0v) is 9.90. The molecule has 0 radical (unpaired) electrons. The number of carbonyl (C=O) groups is 2. The molecule has 6 nitrogen and oxygen atoms in total. The normalized spacial score (nSPS) is 19.3. The number of hydrogen-bond donors (Lipinski definition) is 2. The molecule has 1 fully saturated rings. The van der Waals surface area contributed by atoms with E-state index in [2.05, 4.69) is 10.3 Å². The number of nitrogens with two attached hydrogens (primary N) is 1. The molecule has 2 amide bonds. The fourth-order valence-electron chi connectivity index (χ4n) is 2.05. The van der Waals surface area contributed by atoms with E-state index in [1.54, 1.807) is 11.8 Å². The van der Waals surface area contributed by atoms with Gasteiger partial charge in [0.15, 0.2) is 0 Å². The molecule has 1 rings (SSSR count). The lowest BCUT2D eigenvalue weighted by molar-refractivity contribution is -0.132. The Bertz CT molecular complexity index is 262. The molecule has 0 aromatic rings. The van der Waals surface area contributed by atoms with Gasteiger partial charge in [-0.3, -0.25) is 19.9 Å². The van der Waals surface area contributed by atoms with Crippen LogP contribution in [0.15, 0.2) is 0 Å². The van der Waals surface area contributed by atoms with Gasteiger partial charge in [0.1, 0.15) is 0 Å². The Labute approximate surface area is 95.7 Å². The van der Waals surface area contributed by atoms with Gasteiger partial charge in [-0.05, 0) is 6.42 Å². The highest BCUT2D eigenvalue weighted by Crippen LogP contribution is 2.09. The number of rotatable bonds is 3. The molecule has 3 N–H and O–H groups in total. The van der Waals surface area contributed by atoms with Gasteiger partial charge in [0.25, 0.3) is 5.91 Å². The maximum absolute atomic E-state index is 11.5. The molecule has 1 atom stereocenters. The molecular formula is C10H20N4O2. The summed E-state index contributed by atoms with van der Waals surface area (Å²) in [4.78, 5) is 26.5. The average molecular weight is 228 g/mol. The Hall–Kier alpha value is -1.14. The van der Waals surface area contributed by atoms with Crippen LogP contribution in [-0.2, 0) is 9.59 Å². The van der Waals surface area contributed by atoms with Gasteiger partial charge in [-0.2, -0.15) is 0 Å². The number of amides is 2. The maximum atomic E-state index is 11.5. The Kier molecular flexibility index (Phi) is 4.70. The van der Waals surface area contributed by atoms with E-state index in [1.165, 1.54) is 0 Å². The minimum Gasteiger partial charge on any atom is -0.340 e. The van der Waals surface area contributed by atoms with Crippen molar-refractivity contribution in [3.63, 3.8) is 0 Å². The van der Waals surface area contributed by atoms with Gasteiger partial charge in [-0.15, -0.1) is 0 Å². The number of piperazine rings is 1. The number of nitrogens with one attached hydrogen (secondary N) is 1. The van der Waals surface area contributed by atoms with Crippen molar-refractivity contribution in [2.24, 2.45) is 5.84 Å². The minimum absolute atomic E-state index is 0.0935. The summed E-state index contributed by atoms with van der Waals surface area (Å²) >= 11 is 0. The summed E-state index contributed by atoms with van der Waals surface area (Å²) in [6.45, 7) is 6.35. The molecule has 0 aliphatic carbocycles. The van der Waals surface area contributed by atoms with E-state index in [1.807, 2.05) is 6.92 Å². The summed E-state index contributed by atoms with van der Waals surface area (Å²) in [5.74, 6) is 5.08. The molecule has 6 heteroatoms. The van der Waals surface area contributed by atoms with Gasteiger partial charge in [0.05, 0.1) is 6.04 Å². The van der Waals surface area contributed by atoms with Crippen LogP contribution in [0, 0.1) is 0 Å². The third kappa shape index (κ3) is 2.93. The summed E-state index contributed by atoms with van der Waals surface area (Å²) in [6, 6.07) is -0.181. The first-order chi connectivity index (χ1) is 7.60. The van der Waals surface area contributed by atoms with Crippen molar-refractivity contribution in [2.45, 2.75) is 26.3 Å². The van der Waals surface area contributed by atoms with Crippen molar-refractivity contribution in [2.75, 3.05) is 26.2 Å². The fraction of sp³-hybridized carbons (Fsp3) is 0.800. The van der Waals surface area contributed by atoms with E-state index in [4.69, 9.17) is 5.84 Å². The molecule has 92 valence electrons. The summed E-state index contributed by atoms with van der Waals surface area (Å²) in [6.07, 6.45) is 0.725. The molecule has 0 saturated carbocycles. The molecule has 0 bridgehead atoms. The van der Waals surface area contributed by atoms with Gasteiger partial charge in [0.2, 0.25) is 5.91 Å². The second kappa shape index (κ2) is 5.81. The number of carbonyl (C=O) groups excluding carboxylic acids is 2. The standard InChI is InChI=1S/C10H20N4O2/c1-3-9(10(16)12-11)14-6-4-13(5-7-14)8(2)15/h9H,3-7,11H2,1-2H3,(H,12,16). The third-order valence-corrected chi connectivity index (χ3v) is 3.03. The van der Waals surface area contributed by atoms with E-state index in [9.17, 15) is 9.59 Å². The highest BCUT2D eigenvalue weighted by atomic mass is 16.2. The number of nitrogens with zero attached hydrogens (tertiary/aromatic N) is 2. The highest BCUT2D eigenvalue weighted by Gasteiger charge is 2.27. The Morgan fingerprint density at radius 2 is 1.88 bits per heavy atom. The van der Waals surface area contributed by atoms with E-state index < -0.39 is 0 Å². The second-order valence-electron chi connectivity index (χ2n) is 3.97. The third-order valence-electron chi connectivity index (χ3n) is 3.03. The Morgan fingerprint density at radius 1 is 1.31 bits per heavy atom. The van der Waals surface area contributed by atoms with E-state index in [0.29, 0.717) is 13.1 Å². The summed E-state index contributed by atoms with van der Waals surface area (Å²) in [5.41, 5.74) is 2.19. The Balaban J connectivity index is 2.51. The van der Waals surface area contributed by atoms with Crippen LogP contribution in [0.1, 0.15) is 20.3 Å². The lowest BCUT2D eigenvalue weighted by atomic mass is 10.1. The van der Waals surface area contributed by atoms with Crippen LogP contribution in [0.25, 0.3) is 0 Å². The van der Waals surface area contributed by atoms with Gasteiger partial charge in [-0.25, -0.2) is 5.84 Å². The van der Waals surface area contributed by atoms with Crippen LogP contribution in [0.4, 0.5) is 0 Å². The first kappa shape index (κ1) is 12.9. The fourth-order valence-corrected chi connectivity index (χ4v) is 2.05.